The summed E-state index contributed by atoms with van der Waals surface area (Å²) in [6.07, 6.45) is 7.39. The van der Waals surface area contributed by atoms with E-state index in [9.17, 15) is 4.79 Å². The monoisotopic (exact) mass is 373 g/mol. The van der Waals surface area contributed by atoms with Gasteiger partial charge in [0.2, 0.25) is 5.91 Å². The fraction of sp³-hybridized carbons (Fsp3) is 0.400. The van der Waals surface area contributed by atoms with Crippen molar-refractivity contribution in [3.8, 4) is 5.82 Å². The first-order chi connectivity index (χ1) is 10.8. The van der Waals surface area contributed by atoms with Gasteiger partial charge in [0.05, 0.1) is 13.2 Å². The lowest BCUT2D eigenvalue weighted by molar-refractivity contribution is -0.122. The van der Waals surface area contributed by atoms with Crippen molar-refractivity contribution in [3.05, 3.63) is 42.6 Å². The maximum Gasteiger partial charge on any atom is 0.221 e. The molecule has 3 rings (SSSR count). The molecule has 9 heteroatoms. The van der Waals surface area contributed by atoms with E-state index in [0.717, 1.165) is 17.9 Å². The summed E-state index contributed by atoms with van der Waals surface area (Å²) >= 11 is 0. The predicted octanol–water partition coefficient (Wildman–Crippen LogP) is 1.11. The number of aromatic nitrogens is 3. The summed E-state index contributed by atoms with van der Waals surface area (Å²) < 4.78 is 7.17. The van der Waals surface area contributed by atoms with E-state index in [1.807, 2.05) is 22.9 Å². The largest absolute Gasteiger partial charge is 0.378 e. The highest BCUT2D eigenvalue weighted by molar-refractivity contribution is 5.85. The molecule has 0 saturated carbocycles. The highest BCUT2D eigenvalue weighted by Crippen LogP contribution is 2.07. The molecule has 0 bridgehead atoms. The molecule has 3 heterocycles. The van der Waals surface area contributed by atoms with Gasteiger partial charge in [-0.3, -0.25) is 9.36 Å². The van der Waals surface area contributed by atoms with Crippen LogP contribution in [-0.2, 0) is 16.1 Å². The Bertz CT molecular complexity index is 618. The third kappa shape index (κ3) is 5.76. The second-order valence-electron chi connectivity index (χ2n) is 5.20. The van der Waals surface area contributed by atoms with Crippen LogP contribution in [0.1, 0.15) is 12.0 Å². The van der Waals surface area contributed by atoms with Crippen LogP contribution in [0, 0.1) is 0 Å². The van der Waals surface area contributed by atoms with E-state index in [0.29, 0.717) is 26.2 Å². The Balaban J connectivity index is 0.00000144. The van der Waals surface area contributed by atoms with Crippen molar-refractivity contribution in [2.45, 2.75) is 19.0 Å². The van der Waals surface area contributed by atoms with Gasteiger partial charge < -0.3 is 15.4 Å². The highest BCUT2D eigenvalue weighted by atomic mass is 35.5. The number of halogens is 2. The number of ether oxygens (including phenoxy) is 1. The lowest BCUT2D eigenvalue weighted by Gasteiger charge is -2.23. The maximum atomic E-state index is 12.0. The van der Waals surface area contributed by atoms with E-state index in [2.05, 4.69) is 20.6 Å². The molecule has 1 amide bonds. The molecular weight excluding hydrogens is 353 g/mol. The van der Waals surface area contributed by atoms with Gasteiger partial charge in [0.1, 0.15) is 12.1 Å². The summed E-state index contributed by atoms with van der Waals surface area (Å²) in [6, 6.07) is 3.93. The predicted molar refractivity (Wildman–Crippen MR) is 94.9 cm³/mol. The average Bonchev–Trinajstić information content (AvgIpc) is 3.09. The second kappa shape index (κ2) is 10.2. The summed E-state index contributed by atoms with van der Waals surface area (Å²) in [5.74, 6) is 0.801. The zero-order chi connectivity index (χ0) is 15.2. The number of imidazole rings is 1. The van der Waals surface area contributed by atoms with Crippen LogP contribution >= 0.6 is 24.8 Å². The van der Waals surface area contributed by atoms with Gasteiger partial charge in [-0.1, -0.05) is 0 Å². The molecule has 2 aromatic rings. The van der Waals surface area contributed by atoms with E-state index in [1.54, 1.807) is 18.7 Å². The van der Waals surface area contributed by atoms with Gasteiger partial charge in [-0.15, -0.1) is 24.8 Å². The summed E-state index contributed by atoms with van der Waals surface area (Å²) in [4.78, 5) is 20.2. The van der Waals surface area contributed by atoms with Gasteiger partial charge in [-0.25, -0.2) is 9.97 Å². The fourth-order valence-corrected chi connectivity index (χ4v) is 2.35. The first-order valence-electron chi connectivity index (χ1n) is 7.32. The van der Waals surface area contributed by atoms with Crippen LogP contribution in [0.15, 0.2) is 37.1 Å². The Morgan fingerprint density at radius 1 is 1.42 bits per heavy atom. The third-order valence-electron chi connectivity index (χ3n) is 3.50. The lowest BCUT2D eigenvalue weighted by Crippen LogP contribution is -2.44. The molecule has 0 aliphatic carbocycles. The topological polar surface area (TPSA) is 81.1 Å². The lowest BCUT2D eigenvalue weighted by atomic mass is 10.2. The van der Waals surface area contributed by atoms with Gasteiger partial charge in [0, 0.05) is 44.1 Å². The smallest absolute Gasteiger partial charge is 0.221 e. The number of morpholine rings is 1. The van der Waals surface area contributed by atoms with Crippen molar-refractivity contribution in [2.24, 2.45) is 0 Å². The first-order valence-corrected chi connectivity index (χ1v) is 7.32. The van der Waals surface area contributed by atoms with Crippen LogP contribution in [-0.4, -0.2) is 46.2 Å². The normalized spacial score (nSPS) is 16.6. The Morgan fingerprint density at radius 3 is 3.00 bits per heavy atom. The minimum Gasteiger partial charge on any atom is -0.378 e. The molecule has 0 aromatic carbocycles. The third-order valence-corrected chi connectivity index (χ3v) is 3.50. The van der Waals surface area contributed by atoms with Gasteiger partial charge in [-0.2, -0.15) is 0 Å². The molecule has 0 spiro atoms. The molecule has 1 unspecified atom stereocenters. The van der Waals surface area contributed by atoms with E-state index < -0.39 is 0 Å². The van der Waals surface area contributed by atoms with Crippen LogP contribution in [0.25, 0.3) is 5.82 Å². The minimum absolute atomic E-state index is 0. The fourth-order valence-electron chi connectivity index (χ4n) is 2.35. The molecule has 132 valence electrons. The number of amides is 1. The van der Waals surface area contributed by atoms with Crippen LogP contribution in [0.2, 0.25) is 0 Å². The zero-order valence-electron chi connectivity index (χ0n) is 13.1. The van der Waals surface area contributed by atoms with Crippen molar-refractivity contribution < 1.29 is 9.53 Å². The summed E-state index contributed by atoms with van der Waals surface area (Å²) in [5, 5.41) is 6.20. The molecule has 1 atom stereocenters. The van der Waals surface area contributed by atoms with Crippen molar-refractivity contribution >= 4 is 30.7 Å². The molecular formula is C15H21Cl2N5O2. The Kier molecular flexibility index (Phi) is 8.70. The maximum absolute atomic E-state index is 12.0. The van der Waals surface area contributed by atoms with Gasteiger partial charge in [-0.05, 0) is 17.7 Å². The molecule has 2 N–H and O–H groups in total. The van der Waals surface area contributed by atoms with E-state index in [4.69, 9.17) is 4.74 Å². The highest BCUT2D eigenvalue weighted by Gasteiger charge is 2.16. The van der Waals surface area contributed by atoms with E-state index in [-0.39, 0.29) is 36.8 Å². The molecule has 2 aromatic heterocycles. The molecule has 1 aliphatic rings. The number of hydrogen-bond acceptors (Lipinski definition) is 5. The molecule has 1 aliphatic heterocycles. The van der Waals surface area contributed by atoms with Crippen molar-refractivity contribution in [3.63, 3.8) is 0 Å². The molecule has 0 radical (unpaired) electrons. The number of rotatable bonds is 5. The number of carbonyl (C=O) groups excluding carboxylic acids is 1. The van der Waals surface area contributed by atoms with E-state index in [1.165, 1.54) is 0 Å². The van der Waals surface area contributed by atoms with Gasteiger partial charge in [0.25, 0.3) is 0 Å². The molecule has 1 saturated heterocycles. The number of carbonyl (C=O) groups is 1. The average molecular weight is 374 g/mol. The molecule has 1 fully saturated rings. The molecule has 24 heavy (non-hydrogen) atoms. The summed E-state index contributed by atoms with van der Waals surface area (Å²) in [5.41, 5.74) is 1.000. The first kappa shape index (κ1) is 20.4. The van der Waals surface area contributed by atoms with E-state index >= 15 is 0 Å². The number of hydrogen-bond donors (Lipinski definition) is 2. The second-order valence-corrected chi connectivity index (χ2v) is 5.20. The summed E-state index contributed by atoms with van der Waals surface area (Å²) in [7, 11) is 0. The summed E-state index contributed by atoms with van der Waals surface area (Å²) in [6.45, 7) is 2.59. The standard InChI is InChI=1S/C15H19N5O2.2ClH/c21-15(8-13-10-22-6-4-17-13)19-9-12-1-2-18-14(7-12)20-5-3-16-11-20;;/h1-3,5,7,11,13,17H,4,6,8-10H2,(H,19,21);2*1H. The van der Waals surface area contributed by atoms with Crippen LogP contribution in [0.5, 0.6) is 0 Å². The van der Waals surface area contributed by atoms with Gasteiger partial charge >= 0.3 is 0 Å². The van der Waals surface area contributed by atoms with Crippen molar-refractivity contribution in [1.82, 2.24) is 25.2 Å². The number of nitrogens with one attached hydrogen (secondary N) is 2. The van der Waals surface area contributed by atoms with Crippen LogP contribution < -0.4 is 10.6 Å². The van der Waals surface area contributed by atoms with Crippen molar-refractivity contribution in [1.29, 1.82) is 0 Å². The van der Waals surface area contributed by atoms with Gasteiger partial charge in [0.15, 0.2) is 0 Å². The van der Waals surface area contributed by atoms with Crippen LogP contribution in [0.4, 0.5) is 0 Å². The zero-order valence-corrected chi connectivity index (χ0v) is 14.7. The Labute approximate surface area is 153 Å². The van der Waals surface area contributed by atoms with Crippen LogP contribution in [0.3, 0.4) is 0 Å². The minimum atomic E-state index is 0. The number of nitrogens with zero attached hydrogens (tertiary/aromatic N) is 3. The Morgan fingerprint density at radius 2 is 2.29 bits per heavy atom. The van der Waals surface area contributed by atoms with Crippen molar-refractivity contribution in [2.75, 3.05) is 19.8 Å². The quantitative estimate of drug-likeness (QED) is 0.820. The number of pyridine rings is 1. The molecule has 7 nitrogen and oxygen atoms in total. The Hall–Kier alpha value is -1.67. The SMILES string of the molecule is Cl.Cl.O=C(CC1COCCN1)NCc1ccnc(-n2ccnc2)c1.